The summed E-state index contributed by atoms with van der Waals surface area (Å²) in [6.07, 6.45) is 7.58. The number of carbonyl (C=O) groups is 1. The maximum absolute atomic E-state index is 11.1. The normalized spacial score (nSPS) is 14.6. The molecule has 162 valence electrons. The van der Waals surface area contributed by atoms with Gasteiger partial charge < -0.3 is 20.2 Å². The number of nitrogens with zero attached hydrogens (tertiary/aromatic N) is 7. The van der Waals surface area contributed by atoms with Crippen LogP contribution in [-0.2, 0) is 0 Å². The first kappa shape index (κ1) is 19.7. The number of carboxylic acid groups (broad SMARTS) is 1. The Kier molecular flexibility index (Phi) is 4.98. The van der Waals surface area contributed by atoms with Crippen molar-refractivity contribution in [3.63, 3.8) is 0 Å². The fraction of sp³-hybridized carbons (Fsp3) is 0.238. The van der Waals surface area contributed by atoms with Gasteiger partial charge in [-0.3, -0.25) is 9.67 Å². The van der Waals surface area contributed by atoms with Crippen LogP contribution in [0, 0.1) is 0 Å². The molecule has 1 aliphatic rings. The molecule has 0 spiro atoms. The van der Waals surface area contributed by atoms with Gasteiger partial charge in [0.1, 0.15) is 11.5 Å². The number of aromatic nitrogens is 6. The fourth-order valence-corrected chi connectivity index (χ4v) is 3.74. The molecule has 0 atom stereocenters. The first-order valence-corrected chi connectivity index (χ1v) is 10.1. The topological polar surface area (TPSA) is 149 Å². The summed E-state index contributed by atoms with van der Waals surface area (Å²) in [5.74, 6) is 0.829. The number of rotatable bonds is 4. The average molecular weight is 432 g/mol. The van der Waals surface area contributed by atoms with Crippen molar-refractivity contribution in [2.45, 2.75) is 18.9 Å². The lowest BCUT2D eigenvalue weighted by molar-refractivity contribution is 0.124. The monoisotopic (exact) mass is 432 g/mol. The van der Waals surface area contributed by atoms with Crippen LogP contribution in [0.25, 0.3) is 34.2 Å². The number of hydrogen-bond acceptors (Lipinski definition) is 8. The summed E-state index contributed by atoms with van der Waals surface area (Å²) >= 11 is 0. The van der Waals surface area contributed by atoms with Crippen LogP contribution in [0.2, 0.25) is 0 Å². The van der Waals surface area contributed by atoms with Crippen molar-refractivity contribution >= 4 is 11.9 Å². The van der Waals surface area contributed by atoms with Crippen LogP contribution in [-0.4, -0.2) is 59.1 Å². The Morgan fingerprint density at radius 3 is 2.66 bits per heavy atom. The summed E-state index contributed by atoms with van der Waals surface area (Å²) in [5, 5.41) is 21.8. The maximum Gasteiger partial charge on any atom is 0.407 e. The molecule has 1 aliphatic heterocycles. The highest BCUT2D eigenvalue weighted by molar-refractivity contribution is 5.75. The van der Waals surface area contributed by atoms with Crippen molar-refractivity contribution in [2.24, 2.45) is 0 Å². The molecular weight excluding hydrogens is 412 g/mol. The zero-order chi connectivity index (χ0) is 22.1. The van der Waals surface area contributed by atoms with Crippen LogP contribution in [0.5, 0.6) is 0 Å². The number of amides is 1. The van der Waals surface area contributed by atoms with E-state index in [9.17, 15) is 4.79 Å². The van der Waals surface area contributed by atoms with Gasteiger partial charge in [-0.15, -0.1) is 10.2 Å². The SMILES string of the molecule is Nc1ncc(-c2cnn(C3CCN(C(=O)O)CC3)c2)cc1-c1nnc(-c2ccccn2)o1. The van der Waals surface area contributed by atoms with Gasteiger partial charge in [0.05, 0.1) is 17.8 Å². The molecule has 5 rings (SSSR count). The molecular formula is C21H20N8O3. The van der Waals surface area contributed by atoms with Gasteiger partial charge in [0.15, 0.2) is 0 Å². The first-order valence-electron chi connectivity index (χ1n) is 10.1. The first-order chi connectivity index (χ1) is 15.6. The highest BCUT2D eigenvalue weighted by atomic mass is 16.4. The Morgan fingerprint density at radius 2 is 1.91 bits per heavy atom. The number of piperidine rings is 1. The molecule has 11 heteroatoms. The molecule has 0 unspecified atom stereocenters. The Balaban J connectivity index is 1.38. The van der Waals surface area contributed by atoms with Crippen LogP contribution in [0.3, 0.4) is 0 Å². The number of pyridine rings is 2. The summed E-state index contributed by atoms with van der Waals surface area (Å²) < 4.78 is 7.66. The van der Waals surface area contributed by atoms with Gasteiger partial charge in [-0.05, 0) is 31.0 Å². The lowest BCUT2D eigenvalue weighted by Gasteiger charge is -2.30. The Hall–Kier alpha value is -4.28. The van der Waals surface area contributed by atoms with Gasteiger partial charge in [0.25, 0.3) is 11.8 Å². The number of likely N-dealkylation sites (tertiary alicyclic amines) is 1. The second-order valence-electron chi connectivity index (χ2n) is 7.49. The van der Waals surface area contributed by atoms with Crippen LogP contribution in [0.1, 0.15) is 18.9 Å². The van der Waals surface area contributed by atoms with Gasteiger partial charge in [-0.25, -0.2) is 9.78 Å². The second kappa shape index (κ2) is 8.10. The summed E-state index contributed by atoms with van der Waals surface area (Å²) in [6, 6.07) is 7.42. The maximum atomic E-state index is 11.1. The van der Waals surface area contributed by atoms with E-state index in [1.165, 1.54) is 4.90 Å². The Morgan fingerprint density at radius 1 is 1.09 bits per heavy atom. The minimum atomic E-state index is -0.877. The molecule has 11 nitrogen and oxygen atoms in total. The van der Waals surface area contributed by atoms with Crippen molar-refractivity contribution in [3.8, 4) is 34.2 Å². The predicted molar refractivity (Wildman–Crippen MR) is 114 cm³/mol. The molecule has 5 heterocycles. The third-order valence-corrected chi connectivity index (χ3v) is 5.50. The fourth-order valence-electron chi connectivity index (χ4n) is 3.74. The molecule has 0 aromatic carbocycles. The van der Waals surface area contributed by atoms with Crippen molar-refractivity contribution < 1.29 is 14.3 Å². The standard InChI is InChI=1S/C21H20N8O3/c22-18-16(19-26-27-20(32-19)17-3-1-2-6-23-17)9-13(10-24-18)14-11-25-29(12-14)15-4-7-28(8-5-15)21(30)31/h1-3,6,9-12,15H,4-5,7-8H2,(H2,22,24)(H,30,31). The zero-order valence-electron chi connectivity index (χ0n) is 17.0. The molecule has 4 aromatic heterocycles. The Bertz CT molecular complexity index is 1240. The van der Waals surface area contributed by atoms with Gasteiger partial charge in [-0.2, -0.15) is 5.10 Å². The quantitative estimate of drug-likeness (QED) is 0.496. The average Bonchev–Trinajstić information content (AvgIpc) is 3.51. The van der Waals surface area contributed by atoms with Crippen molar-refractivity contribution in [3.05, 3.63) is 49.1 Å². The van der Waals surface area contributed by atoms with Crippen LogP contribution in [0.4, 0.5) is 10.6 Å². The van der Waals surface area contributed by atoms with E-state index in [2.05, 4.69) is 25.3 Å². The van der Waals surface area contributed by atoms with Crippen LogP contribution >= 0.6 is 0 Å². The number of hydrogen-bond donors (Lipinski definition) is 2. The van der Waals surface area contributed by atoms with Gasteiger partial charge in [0, 0.05) is 42.8 Å². The van der Waals surface area contributed by atoms with Gasteiger partial charge in [0.2, 0.25) is 0 Å². The molecule has 1 amide bonds. The van der Waals surface area contributed by atoms with E-state index in [1.54, 1.807) is 24.7 Å². The second-order valence-corrected chi connectivity index (χ2v) is 7.49. The van der Waals surface area contributed by atoms with Crippen molar-refractivity contribution in [2.75, 3.05) is 18.8 Å². The summed E-state index contributed by atoms with van der Waals surface area (Å²) in [4.78, 5) is 21.0. The minimum absolute atomic E-state index is 0.150. The van der Waals surface area contributed by atoms with Crippen molar-refractivity contribution in [1.29, 1.82) is 0 Å². The van der Waals surface area contributed by atoms with E-state index in [4.69, 9.17) is 15.3 Å². The molecule has 0 radical (unpaired) electrons. The largest absolute Gasteiger partial charge is 0.465 e. The molecule has 0 bridgehead atoms. The van der Waals surface area contributed by atoms with E-state index >= 15 is 0 Å². The Labute approximate surface area is 182 Å². The van der Waals surface area contributed by atoms with E-state index in [-0.39, 0.29) is 17.8 Å². The van der Waals surface area contributed by atoms with E-state index in [0.717, 1.165) is 24.0 Å². The van der Waals surface area contributed by atoms with E-state index in [0.29, 0.717) is 30.2 Å². The van der Waals surface area contributed by atoms with Gasteiger partial charge >= 0.3 is 6.09 Å². The number of anilines is 1. The number of nitrogen functional groups attached to an aromatic ring is 1. The summed E-state index contributed by atoms with van der Waals surface area (Å²) in [5.41, 5.74) is 8.85. The third kappa shape index (κ3) is 3.75. The van der Waals surface area contributed by atoms with E-state index in [1.807, 2.05) is 29.1 Å². The molecule has 1 saturated heterocycles. The predicted octanol–water partition coefficient (Wildman–Crippen LogP) is 2.95. The molecule has 0 aliphatic carbocycles. The lowest BCUT2D eigenvalue weighted by Crippen LogP contribution is -2.38. The summed E-state index contributed by atoms with van der Waals surface area (Å²) in [6.45, 7) is 0.997. The molecule has 32 heavy (non-hydrogen) atoms. The molecule has 4 aromatic rings. The summed E-state index contributed by atoms with van der Waals surface area (Å²) in [7, 11) is 0. The van der Waals surface area contributed by atoms with Crippen LogP contribution in [0.15, 0.2) is 53.5 Å². The van der Waals surface area contributed by atoms with Crippen molar-refractivity contribution in [1.82, 2.24) is 34.8 Å². The third-order valence-electron chi connectivity index (χ3n) is 5.50. The minimum Gasteiger partial charge on any atom is -0.465 e. The van der Waals surface area contributed by atoms with Crippen LogP contribution < -0.4 is 5.73 Å². The van der Waals surface area contributed by atoms with E-state index < -0.39 is 6.09 Å². The smallest absolute Gasteiger partial charge is 0.407 e. The highest BCUT2D eigenvalue weighted by Gasteiger charge is 2.24. The molecule has 1 fully saturated rings. The molecule has 3 N–H and O–H groups in total. The number of nitrogens with two attached hydrogens (primary N) is 1. The zero-order valence-corrected chi connectivity index (χ0v) is 17.0. The molecule has 0 saturated carbocycles. The lowest BCUT2D eigenvalue weighted by atomic mass is 10.1. The highest BCUT2D eigenvalue weighted by Crippen LogP contribution is 2.31. The van der Waals surface area contributed by atoms with Gasteiger partial charge in [-0.1, -0.05) is 6.07 Å².